The second kappa shape index (κ2) is 4.88. The van der Waals surface area contributed by atoms with E-state index in [1.54, 1.807) is 0 Å². The summed E-state index contributed by atoms with van der Waals surface area (Å²) < 4.78 is 1.02. The molecule has 1 aromatic rings. The van der Waals surface area contributed by atoms with Crippen molar-refractivity contribution >= 4 is 27.8 Å². The van der Waals surface area contributed by atoms with Gasteiger partial charge in [0.05, 0.1) is 5.41 Å². The number of hydrogen-bond donors (Lipinski definition) is 2. The summed E-state index contributed by atoms with van der Waals surface area (Å²) in [5.74, 6) is -0.541. The Balaban J connectivity index is 1.54. The number of carbonyl (C=O) groups excluding carboxylic acids is 1. The van der Waals surface area contributed by atoms with E-state index in [4.69, 9.17) is 5.11 Å². The second-order valence-corrected chi connectivity index (χ2v) is 6.72. The summed E-state index contributed by atoms with van der Waals surface area (Å²) in [5.41, 5.74) is 0.481. The zero-order valence-corrected chi connectivity index (χ0v) is 12.5. The maximum absolute atomic E-state index is 12.1. The molecule has 2 aliphatic carbocycles. The average molecular weight is 338 g/mol. The minimum Gasteiger partial charge on any atom is -0.481 e. The van der Waals surface area contributed by atoms with Crippen LogP contribution in [0.5, 0.6) is 0 Å². The van der Waals surface area contributed by atoms with E-state index >= 15 is 0 Å². The summed E-state index contributed by atoms with van der Waals surface area (Å²) in [4.78, 5) is 23.1. The lowest BCUT2D eigenvalue weighted by molar-refractivity contribution is -0.143. The van der Waals surface area contributed by atoms with E-state index in [0.29, 0.717) is 12.8 Å². The fraction of sp³-hybridized carbons (Fsp3) is 0.467. The lowest BCUT2D eigenvalue weighted by atomic mass is 10.1. The molecule has 0 radical (unpaired) electrons. The fourth-order valence-corrected chi connectivity index (χ4v) is 3.01. The normalized spacial score (nSPS) is 25.9. The lowest BCUT2D eigenvalue weighted by Gasteiger charge is -2.11. The van der Waals surface area contributed by atoms with Gasteiger partial charge in [-0.2, -0.15) is 0 Å². The van der Waals surface area contributed by atoms with Crippen molar-refractivity contribution in [3.05, 3.63) is 34.3 Å². The molecule has 2 N–H and O–H groups in total. The Morgan fingerprint density at radius 3 is 2.75 bits per heavy atom. The lowest BCUT2D eigenvalue weighted by Crippen LogP contribution is -2.35. The number of aliphatic carboxylic acids is 1. The van der Waals surface area contributed by atoms with Gasteiger partial charge in [-0.1, -0.05) is 28.1 Å². The molecule has 0 bridgehead atoms. The molecule has 0 saturated heterocycles. The highest BCUT2D eigenvalue weighted by Crippen LogP contribution is 2.49. The molecular weight excluding hydrogens is 322 g/mol. The highest BCUT2D eigenvalue weighted by atomic mass is 79.9. The topological polar surface area (TPSA) is 66.4 Å². The van der Waals surface area contributed by atoms with Crippen LogP contribution >= 0.6 is 15.9 Å². The first-order valence-electron chi connectivity index (χ1n) is 6.78. The molecule has 1 aromatic carbocycles. The fourth-order valence-electron chi connectivity index (χ4n) is 2.59. The van der Waals surface area contributed by atoms with Gasteiger partial charge in [0.2, 0.25) is 5.91 Å². The van der Waals surface area contributed by atoms with Gasteiger partial charge in [0.15, 0.2) is 0 Å². The molecule has 2 fully saturated rings. The number of halogens is 1. The first-order valence-corrected chi connectivity index (χ1v) is 7.58. The van der Waals surface area contributed by atoms with Gasteiger partial charge in [0.25, 0.3) is 0 Å². The molecule has 3 rings (SSSR count). The van der Waals surface area contributed by atoms with Crippen LogP contribution in [0.2, 0.25) is 0 Å². The first-order chi connectivity index (χ1) is 9.52. The predicted molar refractivity (Wildman–Crippen MR) is 77.3 cm³/mol. The third-order valence-corrected chi connectivity index (χ3v) is 4.81. The Kier molecular flexibility index (Phi) is 3.32. The van der Waals surface area contributed by atoms with Crippen LogP contribution < -0.4 is 5.32 Å². The van der Waals surface area contributed by atoms with Gasteiger partial charge in [-0.15, -0.1) is 0 Å². The molecule has 1 amide bonds. The highest BCUT2D eigenvalue weighted by molar-refractivity contribution is 9.10. The maximum atomic E-state index is 12.1. The van der Waals surface area contributed by atoms with Gasteiger partial charge in [-0.25, -0.2) is 0 Å². The van der Waals surface area contributed by atoms with Gasteiger partial charge in [0.1, 0.15) is 0 Å². The van der Waals surface area contributed by atoms with E-state index in [1.807, 2.05) is 24.3 Å². The molecule has 0 heterocycles. The molecule has 0 aromatic heterocycles. The van der Waals surface area contributed by atoms with E-state index in [2.05, 4.69) is 21.2 Å². The number of carboxylic acid groups (broad SMARTS) is 1. The van der Waals surface area contributed by atoms with Crippen LogP contribution in [0, 0.1) is 11.3 Å². The number of hydrogen-bond acceptors (Lipinski definition) is 2. The quantitative estimate of drug-likeness (QED) is 0.867. The summed E-state index contributed by atoms with van der Waals surface area (Å²) in [6.07, 6.45) is 2.19. The number of amides is 1. The molecule has 2 atom stereocenters. The van der Waals surface area contributed by atoms with Crippen LogP contribution in [-0.4, -0.2) is 23.5 Å². The van der Waals surface area contributed by atoms with Crippen molar-refractivity contribution in [3.63, 3.8) is 0 Å². The van der Waals surface area contributed by atoms with Crippen molar-refractivity contribution in [3.8, 4) is 0 Å². The van der Waals surface area contributed by atoms with Crippen molar-refractivity contribution < 1.29 is 14.7 Å². The third-order valence-electron chi connectivity index (χ3n) is 4.31. The number of carboxylic acids is 1. The van der Waals surface area contributed by atoms with Gasteiger partial charge in [0, 0.05) is 16.9 Å². The number of rotatable bonds is 5. The minimum atomic E-state index is -0.794. The summed E-state index contributed by atoms with van der Waals surface area (Å²) in [5, 5.41) is 11.9. The molecule has 4 nitrogen and oxygen atoms in total. The summed E-state index contributed by atoms with van der Waals surface area (Å²) >= 11 is 3.43. The predicted octanol–water partition coefficient (Wildman–Crippen LogP) is 2.53. The van der Waals surface area contributed by atoms with Gasteiger partial charge < -0.3 is 10.4 Å². The van der Waals surface area contributed by atoms with Gasteiger partial charge in [-0.3, -0.25) is 9.59 Å². The molecule has 5 heteroatoms. The van der Waals surface area contributed by atoms with Crippen molar-refractivity contribution in [2.45, 2.75) is 25.2 Å². The summed E-state index contributed by atoms with van der Waals surface area (Å²) in [6.45, 7) is 0.267. The van der Waals surface area contributed by atoms with Crippen LogP contribution in [0.1, 0.15) is 30.7 Å². The molecule has 2 aliphatic rings. The molecular formula is C15H16BrNO3. The number of nitrogens with one attached hydrogen (secondary N) is 1. The smallest absolute Gasteiger partial charge is 0.311 e. The maximum Gasteiger partial charge on any atom is 0.311 e. The molecule has 20 heavy (non-hydrogen) atoms. The van der Waals surface area contributed by atoms with Gasteiger partial charge >= 0.3 is 5.97 Å². The van der Waals surface area contributed by atoms with Crippen LogP contribution in [0.4, 0.5) is 0 Å². The monoisotopic (exact) mass is 337 g/mol. The molecule has 0 spiro atoms. The molecule has 2 unspecified atom stereocenters. The highest BCUT2D eigenvalue weighted by Gasteiger charge is 2.51. The number of benzene rings is 1. The Labute approximate surface area is 125 Å². The van der Waals surface area contributed by atoms with Crippen LogP contribution in [0.3, 0.4) is 0 Å². The third kappa shape index (κ3) is 2.59. The van der Waals surface area contributed by atoms with Crippen LogP contribution in [0.15, 0.2) is 28.7 Å². The Hall–Kier alpha value is -1.36. The minimum absolute atomic E-state index is 0.00565. The zero-order valence-electron chi connectivity index (χ0n) is 10.9. The molecule has 0 aliphatic heterocycles. The molecule has 106 valence electrons. The Bertz CT molecular complexity index is 568. The largest absolute Gasteiger partial charge is 0.481 e. The summed E-state index contributed by atoms with van der Waals surface area (Å²) in [7, 11) is 0. The second-order valence-electron chi connectivity index (χ2n) is 5.81. The SMILES string of the molecule is O=C(NCC1(C(=O)O)CC1)C1CC1c1cccc(Br)c1. The first kappa shape index (κ1) is 13.6. The van der Waals surface area contributed by atoms with E-state index < -0.39 is 11.4 Å². The van der Waals surface area contributed by atoms with Crippen LogP contribution in [-0.2, 0) is 9.59 Å². The van der Waals surface area contributed by atoms with E-state index in [-0.39, 0.29) is 24.3 Å². The Morgan fingerprint density at radius 2 is 2.15 bits per heavy atom. The number of carbonyl (C=O) groups is 2. The molecule has 2 saturated carbocycles. The van der Waals surface area contributed by atoms with Crippen molar-refractivity contribution in [1.29, 1.82) is 0 Å². The van der Waals surface area contributed by atoms with E-state index in [9.17, 15) is 9.59 Å². The van der Waals surface area contributed by atoms with E-state index in [1.165, 1.54) is 5.56 Å². The van der Waals surface area contributed by atoms with Crippen molar-refractivity contribution in [2.75, 3.05) is 6.54 Å². The van der Waals surface area contributed by atoms with Crippen molar-refractivity contribution in [1.82, 2.24) is 5.32 Å². The standard InChI is InChI=1S/C15H16BrNO3/c16-10-3-1-2-9(6-10)11-7-12(11)13(18)17-8-15(4-5-15)14(19)20/h1-3,6,11-12H,4-5,7-8H2,(H,17,18)(H,19,20). The Morgan fingerprint density at radius 1 is 1.40 bits per heavy atom. The average Bonchev–Trinajstić information content (AvgIpc) is 3.29. The van der Waals surface area contributed by atoms with Crippen molar-refractivity contribution in [2.24, 2.45) is 11.3 Å². The zero-order chi connectivity index (χ0) is 14.3. The van der Waals surface area contributed by atoms with Gasteiger partial charge in [-0.05, 0) is 42.9 Å². The van der Waals surface area contributed by atoms with E-state index in [0.717, 1.165) is 10.9 Å². The summed E-state index contributed by atoms with van der Waals surface area (Å²) in [6, 6.07) is 8.00. The van der Waals surface area contributed by atoms with Crippen LogP contribution in [0.25, 0.3) is 0 Å².